The SMILES string of the molecule is Cc1ccc(-c2nc3cc(NC(=O)/C=C/c4ccco4)ccc3o2)c(C)c1. The lowest BCUT2D eigenvalue weighted by atomic mass is 10.1. The van der Waals surface area contributed by atoms with E-state index in [1.165, 1.54) is 11.6 Å². The number of fused-ring (bicyclic) bond motifs is 1. The molecule has 1 N–H and O–H groups in total. The van der Waals surface area contributed by atoms with E-state index in [1.54, 1.807) is 42.7 Å². The van der Waals surface area contributed by atoms with Crippen molar-refractivity contribution in [2.24, 2.45) is 0 Å². The molecule has 0 saturated heterocycles. The Morgan fingerprint density at radius 1 is 1.11 bits per heavy atom. The molecule has 4 rings (SSSR count). The minimum Gasteiger partial charge on any atom is -0.465 e. The molecule has 5 nitrogen and oxygen atoms in total. The van der Waals surface area contributed by atoms with Crippen LogP contribution in [-0.4, -0.2) is 10.9 Å². The van der Waals surface area contributed by atoms with Gasteiger partial charge in [-0.2, -0.15) is 0 Å². The van der Waals surface area contributed by atoms with Crippen LogP contribution in [-0.2, 0) is 4.79 Å². The molecule has 27 heavy (non-hydrogen) atoms. The zero-order valence-electron chi connectivity index (χ0n) is 15.0. The van der Waals surface area contributed by atoms with Crippen molar-refractivity contribution in [1.82, 2.24) is 4.98 Å². The number of rotatable bonds is 4. The average Bonchev–Trinajstić information content (AvgIpc) is 3.29. The molecule has 5 heteroatoms. The zero-order chi connectivity index (χ0) is 18.8. The van der Waals surface area contributed by atoms with Gasteiger partial charge in [0.1, 0.15) is 11.3 Å². The first-order valence-electron chi connectivity index (χ1n) is 8.59. The van der Waals surface area contributed by atoms with E-state index < -0.39 is 0 Å². The highest BCUT2D eigenvalue weighted by atomic mass is 16.3. The van der Waals surface area contributed by atoms with Gasteiger partial charge in [0.25, 0.3) is 0 Å². The molecule has 0 fully saturated rings. The van der Waals surface area contributed by atoms with Crippen molar-refractivity contribution in [3.05, 3.63) is 77.8 Å². The fourth-order valence-corrected chi connectivity index (χ4v) is 2.90. The molecule has 0 radical (unpaired) electrons. The summed E-state index contributed by atoms with van der Waals surface area (Å²) in [5, 5.41) is 2.82. The third-order valence-electron chi connectivity index (χ3n) is 4.21. The minimum absolute atomic E-state index is 0.246. The molecule has 134 valence electrons. The Morgan fingerprint density at radius 3 is 2.78 bits per heavy atom. The van der Waals surface area contributed by atoms with Crippen LogP contribution in [0.5, 0.6) is 0 Å². The van der Waals surface area contributed by atoms with Gasteiger partial charge < -0.3 is 14.2 Å². The maximum Gasteiger partial charge on any atom is 0.248 e. The van der Waals surface area contributed by atoms with E-state index in [9.17, 15) is 4.79 Å². The largest absolute Gasteiger partial charge is 0.465 e. The molecule has 4 aromatic rings. The van der Waals surface area contributed by atoms with Crippen molar-refractivity contribution in [3.63, 3.8) is 0 Å². The molecular weight excluding hydrogens is 340 g/mol. The highest BCUT2D eigenvalue weighted by Crippen LogP contribution is 2.28. The summed E-state index contributed by atoms with van der Waals surface area (Å²) in [5.74, 6) is 0.947. The average molecular weight is 358 g/mol. The molecule has 0 saturated carbocycles. The summed E-state index contributed by atoms with van der Waals surface area (Å²) in [6, 6.07) is 15.1. The quantitative estimate of drug-likeness (QED) is 0.499. The van der Waals surface area contributed by atoms with Crippen LogP contribution in [0.1, 0.15) is 16.9 Å². The van der Waals surface area contributed by atoms with Gasteiger partial charge in [-0.15, -0.1) is 0 Å². The highest BCUT2D eigenvalue weighted by Gasteiger charge is 2.11. The van der Waals surface area contributed by atoms with Gasteiger partial charge in [-0.1, -0.05) is 17.7 Å². The second-order valence-electron chi connectivity index (χ2n) is 6.36. The number of hydrogen-bond acceptors (Lipinski definition) is 4. The number of aryl methyl sites for hydroxylation is 2. The van der Waals surface area contributed by atoms with E-state index in [4.69, 9.17) is 8.83 Å². The molecule has 2 aromatic carbocycles. The fraction of sp³-hybridized carbons (Fsp3) is 0.0909. The van der Waals surface area contributed by atoms with Crippen LogP contribution in [0.15, 0.2) is 69.7 Å². The van der Waals surface area contributed by atoms with Crippen LogP contribution in [0, 0.1) is 13.8 Å². The Labute approximate surface area is 156 Å². The molecule has 0 aliphatic rings. The minimum atomic E-state index is -0.246. The van der Waals surface area contributed by atoms with Crippen molar-refractivity contribution in [2.45, 2.75) is 13.8 Å². The standard InChI is InChI=1S/C22H18N2O3/c1-14-5-8-18(15(2)12-14)22-24-19-13-16(6-9-20(19)27-22)23-21(25)10-7-17-4-3-11-26-17/h3-13H,1-2H3,(H,23,25)/b10-7+. The van der Waals surface area contributed by atoms with Crippen molar-refractivity contribution in [2.75, 3.05) is 5.32 Å². The number of furan rings is 1. The maximum atomic E-state index is 12.1. The monoisotopic (exact) mass is 358 g/mol. The Balaban J connectivity index is 1.56. The zero-order valence-corrected chi connectivity index (χ0v) is 15.0. The molecule has 0 aliphatic carbocycles. The predicted molar refractivity (Wildman–Crippen MR) is 105 cm³/mol. The van der Waals surface area contributed by atoms with Gasteiger partial charge >= 0.3 is 0 Å². The van der Waals surface area contributed by atoms with Gasteiger partial charge in [0, 0.05) is 17.3 Å². The lowest BCUT2D eigenvalue weighted by Crippen LogP contribution is -2.07. The number of nitrogens with zero attached hydrogens (tertiary/aromatic N) is 1. The normalized spacial score (nSPS) is 11.3. The Kier molecular flexibility index (Phi) is 4.34. The number of hydrogen-bond donors (Lipinski definition) is 1. The summed E-state index contributed by atoms with van der Waals surface area (Å²) < 4.78 is 11.0. The van der Waals surface area contributed by atoms with Gasteiger partial charge in [0.2, 0.25) is 11.8 Å². The van der Waals surface area contributed by atoms with E-state index in [0.29, 0.717) is 28.4 Å². The van der Waals surface area contributed by atoms with Crippen LogP contribution in [0.3, 0.4) is 0 Å². The summed E-state index contributed by atoms with van der Waals surface area (Å²) >= 11 is 0. The van der Waals surface area contributed by atoms with Crippen molar-refractivity contribution in [1.29, 1.82) is 0 Å². The lowest BCUT2D eigenvalue weighted by molar-refractivity contribution is -0.111. The molecule has 0 bridgehead atoms. The second-order valence-corrected chi connectivity index (χ2v) is 6.36. The number of benzene rings is 2. The van der Waals surface area contributed by atoms with Gasteiger partial charge in [0.15, 0.2) is 5.58 Å². The third kappa shape index (κ3) is 3.67. The van der Waals surface area contributed by atoms with Crippen molar-refractivity contribution >= 4 is 28.8 Å². The molecule has 0 atom stereocenters. The van der Waals surface area contributed by atoms with Crippen LogP contribution in [0.25, 0.3) is 28.6 Å². The fourth-order valence-electron chi connectivity index (χ4n) is 2.90. The summed E-state index contributed by atoms with van der Waals surface area (Å²) in [7, 11) is 0. The molecular formula is C22H18N2O3. The number of oxazole rings is 1. The number of amides is 1. The lowest BCUT2D eigenvalue weighted by Gasteiger charge is -2.01. The predicted octanol–water partition coefficient (Wildman–Crippen LogP) is 5.36. The van der Waals surface area contributed by atoms with E-state index in [0.717, 1.165) is 11.1 Å². The Bertz CT molecular complexity index is 1140. The van der Waals surface area contributed by atoms with Crippen molar-refractivity contribution < 1.29 is 13.6 Å². The van der Waals surface area contributed by atoms with E-state index in [2.05, 4.69) is 23.3 Å². The summed E-state index contributed by atoms with van der Waals surface area (Å²) in [6.45, 7) is 4.09. The summed E-state index contributed by atoms with van der Waals surface area (Å²) in [5.41, 5.74) is 5.28. The molecule has 0 aliphatic heterocycles. The van der Waals surface area contributed by atoms with Crippen LogP contribution in [0.4, 0.5) is 5.69 Å². The topological polar surface area (TPSA) is 68.3 Å². The molecule has 1 amide bonds. The van der Waals surface area contributed by atoms with Crippen LogP contribution < -0.4 is 5.32 Å². The molecule has 0 unspecified atom stereocenters. The molecule has 0 spiro atoms. The summed E-state index contributed by atoms with van der Waals surface area (Å²) in [6.07, 6.45) is 4.60. The second kappa shape index (κ2) is 6.96. The number of carbonyl (C=O) groups excluding carboxylic acids is 1. The smallest absolute Gasteiger partial charge is 0.248 e. The summed E-state index contributed by atoms with van der Waals surface area (Å²) in [4.78, 5) is 16.6. The maximum absolute atomic E-state index is 12.1. The van der Waals surface area contributed by atoms with Gasteiger partial charge in [-0.25, -0.2) is 4.98 Å². The van der Waals surface area contributed by atoms with E-state index in [-0.39, 0.29) is 5.91 Å². The van der Waals surface area contributed by atoms with E-state index >= 15 is 0 Å². The Morgan fingerprint density at radius 2 is 2.00 bits per heavy atom. The number of nitrogens with one attached hydrogen (secondary N) is 1. The van der Waals surface area contributed by atoms with Crippen molar-refractivity contribution in [3.8, 4) is 11.5 Å². The first kappa shape index (κ1) is 16.8. The number of anilines is 1. The number of carbonyl (C=O) groups is 1. The first-order valence-corrected chi connectivity index (χ1v) is 8.59. The first-order chi connectivity index (χ1) is 13.1. The van der Waals surface area contributed by atoms with Gasteiger partial charge in [0.05, 0.1) is 6.26 Å². The Hall–Kier alpha value is -3.60. The molecule has 2 heterocycles. The third-order valence-corrected chi connectivity index (χ3v) is 4.21. The highest BCUT2D eigenvalue weighted by molar-refractivity contribution is 6.02. The van der Waals surface area contributed by atoms with Crippen LogP contribution in [0.2, 0.25) is 0 Å². The van der Waals surface area contributed by atoms with Gasteiger partial charge in [-0.3, -0.25) is 4.79 Å². The molecule has 2 aromatic heterocycles. The number of aromatic nitrogens is 1. The van der Waals surface area contributed by atoms with Gasteiger partial charge in [-0.05, 0) is 61.9 Å². The van der Waals surface area contributed by atoms with E-state index in [1.807, 2.05) is 19.1 Å². The van der Waals surface area contributed by atoms with Crippen LogP contribution >= 0.6 is 0 Å².